The molecule has 0 unspecified atom stereocenters. The molecule has 3 aromatic carbocycles. The first kappa shape index (κ1) is 22.0. The zero-order valence-corrected chi connectivity index (χ0v) is 16.7. The Bertz CT molecular complexity index is 1010. The zero-order chi connectivity index (χ0) is 22.1. The number of amides is 2. The van der Waals surface area contributed by atoms with E-state index in [2.05, 4.69) is 15.4 Å². The van der Waals surface area contributed by atoms with Gasteiger partial charge in [0.2, 0.25) is 5.91 Å². The molecule has 3 aromatic rings. The number of alkyl halides is 2. The molecule has 0 fully saturated rings. The van der Waals surface area contributed by atoms with Crippen molar-refractivity contribution in [1.29, 1.82) is 0 Å². The molecule has 160 valence electrons. The maximum Gasteiger partial charge on any atom is 0.387 e. The zero-order valence-electron chi connectivity index (χ0n) is 16.7. The largest absolute Gasteiger partial charge is 0.435 e. The van der Waals surface area contributed by atoms with Crippen LogP contribution in [0.3, 0.4) is 0 Å². The lowest BCUT2D eigenvalue weighted by atomic mass is 10.0. The molecule has 0 saturated carbocycles. The molecule has 0 spiro atoms. The topological polar surface area (TPSA) is 67.4 Å². The van der Waals surface area contributed by atoms with Crippen LogP contribution in [0.25, 0.3) is 0 Å². The van der Waals surface area contributed by atoms with E-state index in [1.54, 1.807) is 30.3 Å². The third kappa shape index (κ3) is 6.92. The number of benzene rings is 3. The maximum atomic E-state index is 12.8. The van der Waals surface area contributed by atoms with E-state index >= 15 is 0 Å². The first-order valence-electron chi connectivity index (χ1n) is 9.76. The smallest absolute Gasteiger partial charge is 0.387 e. The molecular weight excluding hydrogens is 402 g/mol. The number of carbonyl (C=O) groups is 2. The molecule has 0 radical (unpaired) electrons. The molecule has 0 saturated heterocycles. The van der Waals surface area contributed by atoms with E-state index < -0.39 is 6.61 Å². The fourth-order valence-electron chi connectivity index (χ4n) is 3.03. The molecule has 2 amide bonds. The van der Waals surface area contributed by atoms with Crippen LogP contribution < -0.4 is 15.4 Å². The standard InChI is InChI=1S/C24H22F2N2O3/c25-24(26)31-21-12-11-20(16-19(21)15-17-7-3-1-4-8-17)28-22(29)13-14-27-23(30)18-9-5-2-6-10-18/h1-12,16,24H,13-15H2,(H,27,30)(H,28,29). The highest BCUT2D eigenvalue weighted by molar-refractivity contribution is 5.95. The Morgan fingerprint density at radius 1 is 0.903 bits per heavy atom. The van der Waals surface area contributed by atoms with Crippen LogP contribution >= 0.6 is 0 Å². The molecule has 7 heteroatoms. The van der Waals surface area contributed by atoms with Crippen molar-refractivity contribution >= 4 is 17.5 Å². The number of rotatable bonds is 9. The Hall–Kier alpha value is -3.74. The first-order valence-corrected chi connectivity index (χ1v) is 9.76. The molecule has 31 heavy (non-hydrogen) atoms. The second-order valence-corrected chi connectivity index (χ2v) is 6.78. The van der Waals surface area contributed by atoms with Crippen LogP contribution in [0.2, 0.25) is 0 Å². The van der Waals surface area contributed by atoms with Crippen molar-refractivity contribution < 1.29 is 23.1 Å². The van der Waals surface area contributed by atoms with Gasteiger partial charge in [-0.2, -0.15) is 8.78 Å². The van der Waals surface area contributed by atoms with Gasteiger partial charge in [0.05, 0.1) is 0 Å². The third-order valence-corrected chi connectivity index (χ3v) is 4.47. The second-order valence-electron chi connectivity index (χ2n) is 6.78. The molecule has 0 bridgehead atoms. The van der Waals surface area contributed by atoms with E-state index in [0.717, 1.165) is 5.56 Å². The van der Waals surface area contributed by atoms with Crippen molar-refractivity contribution in [3.8, 4) is 5.75 Å². The van der Waals surface area contributed by atoms with Crippen LogP contribution in [0, 0.1) is 0 Å². The van der Waals surface area contributed by atoms with E-state index in [1.807, 2.05) is 36.4 Å². The molecule has 0 heterocycles. The van der Waals surface area contributed by atoms with Gasteiger partial charge >= 0.3 is 6.61 Å². The van der Waals surface area contributed by atoms with E-state index in [1.165, 1.54) is 12.1 Å². The summed E-state index contributed by atoms with van der Waals surface area (Å²) >= 11 is 0. The van der Waals surface area contributed by atoms with E-state index in [4.69, 9.17) is 0 Å². The van der Waals surface area contributed by atoms with Gasteiger partial charge in [-0.3, -0.25) is 9.59 Å². The van der Waals surface area contributed by atoms with Crippen LogP contribution in [0.4, 0.5) is 14.5 Å². The molecule has 5 nitrogen and oxygen atoms in total. The summed E-state index contributed by atoms with van der Waals surface area (Å²) in [6.07, 6.45) is 0.446. The Kier molecular flexibility index (Phi) is 7.70. The number of hydrogen-bond donors (Lipinski definition) is 2. The summed E-state index contributed by atoms with van der Waals surface area (Å²) in [5.74, 6) is -0.499. The minimum absolute atomic E-state index is 0.0620. The molecule has 0 atom stereocenters. The van der Waals surface area contributed by atoms with E-state index in [-0.39, 0.29) is 30.5 Å². The summed E-state index contributed by atoms with van der Waals surface area (Å²) in [7, 11) is 0. The van der Waals surface area contributed by atoms with Gasteiger partial charge in [-0.15, -0.1) is 0 Å². The van der Waals surface area contributed by atoms with E-state index in [9.17, 15) is 18.4 Å². The number of ether oxygens (including phenoxy) is 1. The molecule has 0 aliphatic heterocycles. The summed E-state index contributed by atoms with van der Waals surface area (Å²) < 4.78 is 30.1. The summed E-state index contributed by atoms with van der Waals surface area (Å²) in [5.41, 5.74) is 2.44. The number of halogens is 2. The van der Waals surface area contributed by atoms with Crippen LogP contribution in [0.5, 0.6) is 5.75 Å². The van der Waals surface area contributed by atoms with E-state index in [0.29, 0.717) is 23.2 Å². The Morgan fingerprint density at radius 2 is 1.58 bits per heavy atom. The minimum Gasteiger partial charge on any atom is -0.435 e. The van der Waals surface area contributed by atoms with Gasteiger partial charge in [-0.1, -0.05) is 48.5 Å². The monoisotopic (exact) mass is 424 g/mol. The Morgan fingerprint density at radius 3 is 2.26 bits per heavy atom. The summed E-state index contributed by atoms with van der Waals surface area (Å²) in [6.45, 7) is -2.77. The SMILES string of the molecule is O=C(CCNC(=O)c1ccccc1)Nc1ccc(OC(F)F)c(Cc2ccccc2)c1. The highest BCUT2D eigenvalue weighted by Crippen LogP contribution is 2.27. The van der Waals surface area contributed by atoms with Crippen molar-refractivity contribution in [2.45, 2.75) is 19.5 Å². The number of nitrogens with one attached hydrogen (secondary N) is 2. The number of hydrogen-bond acceptors (Lipinski definition) is 3. The number of anilines is 1. The minimum atomic E-state index is -2.94. The van der Waals surface area contributed by atoms with Crippen molar-refractivity contribution in [2.24, 2.45) is 0 Å². The van der Waals surface area contributed by atoms with Gasteiger partial charge in [0.1, 0.15) is 5.75 Å². The summed E-state index contributed by atoms with van der Waals surface area (Å²) in [5, 5.41) is 5.42. The third-order valence-electron chi connectivity index (χ3n) is 4.47. The van der Waals surface area contributed by atoms with Gasteiger partial charge in [0, 0.05) is 36.2 Å². The lowest BCUT2D eigenvalue weighted by Crippen LogP contribution is -2.27. The van der Waals surface area contributed by atoms with Crippen molar-refractivity contribution in [3.05, 3.63) is 95.6 Å². The molecule has 2 N–H and O–H groups in total. The first-order chi connectivity index (χ1) is 15.0. The molecule has 0 aliphatic rings. The predicted octanol–water partition coefficient (Wildman–Crippen LogP) is 4.64. The van der Waals surface area contributed by atoms with Crippen molar-refractivity contribution in [1.82, 2.24) is 5.32 Å². The van der Waals surface area contributed by atoms with Gasteiger partial charge in [0.15, 0.2) is 0 Å². The lowest BCUT2D eigenvalue weighted by Gasteiger charge is -2.14. The van der Waals surface area contributed by atoms with Gasteiger partial charge in [-0.05, 0) is 35.9 Å². The fraction of sp³-hybridized carbons (Fsp3) is 0.167. The molecular formula is C24H22F2N2O3. The van der Waals surface area contributed by atoms with Crippen LogP contribution in [0.15, 0.2) is 78.9 Å². The highest BCUT2D eigenvalue weighted by Gasteiger charge is 2.13. The number of carbonyl (C=O) groups excluding carboxylic acids is 2. The summed E-state index contributed by atoms with van der Waals surface area (Å²) in [4.78, 5) is 24.3. The van der Waals surface area contributed by atoms with Crippen LogP contribution in [-0.4, -0.2) is 25.0 Å². The maximum absolute atomic E-state index is 12.8. The van der Waals surface area contributed by atoms with Gasteiger partial charge < -0.3 is 15.4 Å². The van der Waals surface area contributed by atoms with Gasteiger partial charge in [-0.25, -0.2) is 0 Å². The molecule has 3 rings (SSSR count). The predicted molar refractivity (Wildman–Crippen MR) is 114 cm³/mol. The highest BCUT2D eigenvalue weighted by atomic mass is 19.3. The van der Waals surface area contributed by atoms with Crippen LogP contribution in [-0.2, 0) is 11.2 Å². The Labute approximate surface area is 179 Å². The average molecular weight is 424 g/mol. The van der Waals surface area contributed by atoms with Crippen LogP contribution in [0.1, 0.15) is 27.9 Å². The second kappa shape index (κ2) is 10.9. The average Bonchev–Trinajstić information content (AvgIpc) is 2.76. The normalized spacial score (nSPS) is 10.5. The van der Waals surface area contributed by atoms with Gasteiger partial charge in [0.25, 0.3) is 5.91 Å². The molecule has 0 aliphatic carbocycles. The quantitative estimate of drug-likeness (QED) is 0.526. The Balaban J connectivity index is 1.60. The summed E-state index contributed by atoms with van der Waals surface area (Å²) in [6, 6.07) is 22.6. The van der Waals surface area contributed by atoms with Crippen molar-refractivity contribution in [2.75, 3.05) is 11.9 Å². The fourth-order valence-corrected chi connectivity index (χ4v) is 3.03. The van der Waals surface area contributed by atoms with Crippen molar-refractivity contribution in [3.63, 3.8) is 0 Å². The molecule has 0 aromatic heterocycles. The lowest BCUT2D eigenvalue weighted by molar-refractivity contribution is -0.116.